The summed E-state index contributed by atoms with van der Waals surface area (Å²) in [6.45, 7) is 3.41. The molecule has 35 heavy (non-hydrogen) atoms. The number of nitrogens with zero attached hydrogens (tertiary/aromatic N) is 1. The fourth-order valence-electron chi connectivity index (χ4n) is 4.46. The van der Waals surface area contributed by atoms with Crippen molar-refractivity contribution in [3.8, 4) is 0 Å². The van der Waals surface area contributed by atoms with Gasteiger partial charge in [-0.05, 0) is 42.2 Å². The van der Waals surface area contributed by atoms with Crippen LogP contribution in [0.3, 0.4) is 0 Å². The van der Waals surface area contributed by atoms with Gasteiger partial charge >= 0.3 is 6.09 Å². The lowest BCUT2D eigenvalue weighted by Crippen LogP contribution is -2.48. The van der Waals surface area contributed by atoms with Crippen molar-refractivity contribution < 1.29 is 18.7 Å². The standard InChI is InChI=1S/C29H31FN2O3/c1-22-7-9-24(10-8-22)21-31-28(34)35-29(25-5-3-2-4-6-25)17-19-32(20-18-29)27(33)16-13-23-11-14-26(30)15-12-23/h2-12,14-15H,13,16-21H2,1H3,(H,31,34). The molecule has 1 saturated heterocycles. The van der Waals surface area contributed by atoms with Gasteiger partial charge in [-0.3, -0.25) is 4.79 Å². The van der Waals surface area contributed by atoms with E-state index in [1.807, 2.05) is 66.4 Å². The molecule has 1 N–H and O–H groups in total. The Hall–Kier alpha value is -3.67. The van der Waals surface area contributed by atoms with Crippen LogP contribution in [0, 0.1) is 12.7 Å². The monoisotopic (exact) mass is 474 g/mol. The number of aryl methyl sites for hydroxylation is 2. The molecule has 4 rings (SSSR count). The van der Waals surface area contributed by atoms with Gasteiger partial charge in [0.2, 0.25) is 5.91 Å². The summed E-state index contributed by atoms with van der Waals surface area (Å²) in [5.74, 6) is -0.226. The lowest BCUT2D eigenvalue weighted by molar-refractivity contribution is -0.135. The zero-order valence-corrected chi connectivity index (χ0v) is 20.0. The molecule has 0 bridgehead atoms. The number of alkyl carbamates (subject to hydrolysis) is 1. The first-order chi connectivity index (χ1) is 16.9. The molecule has 0 radical (unpaired) electrons. The average Bonchev–Trinajstić information content (AvgIpc) is 2.89. The van der Waals surface area contributed by atoms with E-state index in [0.29, 0.717) is 45.3 Å². The second kappa shape index (κ2) is 11.2. The Kier molecular flexibility index (Phi) is 7.80. The molecule has 3 aromatic carbocycles. The molecule has 6 heteroatoms. The second-order valence-corrected chi connectivity index (χ2v) is 9.10. The highest BCUT2D eigenvalue weighted by atomic mass is 19.1. The Bertz CT molecular complexity index is 1120. The smallest absolute Gasteiger partial charge is 0.408 e. The third-order valence-corrected chi connectivity index (χ3v) is 6.61. The van der Waals surface area contributed by atoms with Gasteiger partial charge in [0.05, 0.1) is 0 Å². The summed E-state index contributed by atoms with van der Waals surface area (Å²) in [6.07, 6.45) is 1.51. The topological polar surface area (TPSA) is 58.6 Å². The summed E-state index contributed by atoms with van der Waals surface area (Å²) in [7, 11) is 0. The summed E-state index contributed by atoms with van der Waals surface area (Å²) >= 11 is 0. The minimum Gasteiger partial charge on any atom is -0.438 e. The van der Waals surface area contributed by atoms with Crippen LogP contribution in [0.4, 0.5) is 9.18 Å². The molecule has 182 valence electrons. The van der Waals surface area contributed by atoms with Crippen LogP contribution in [0.15, 0.2) is 78.9 Å². The maximum absolute atomic E-state index is 13.1. The molecule has 0 unspecified atom stereocenters. The number of piperidine rings is 1. The zero-order valence-electron chi connectivity index (χ0n) is 20.0. The van der Waals surface area contributed by atoms with E-state index in [4.69, 9.17) is 4.74 Å². The number of halogens is 1. The molecule has 0 spiro atoms. The summed E-state index contributed by atoms with van der Waals surface area (Å²) in [5.41, 5.74) is 3.25. The van der Waals surface area contributed by atoms with E-state index >= 15 is 0 Å². The van der Waals surface area contributed by atoms with E-state index in [9.17, 15) is 14.0 Å². The van der Waals surface area contributed by atoms with Gasteiger partial charge in [0.15, 0.2) is 0 Å². The van der Waals surface area contributed by atoms with Crippen LogP contribution in [0.1, 0.15) is 41.5 Å². The van der Waals surface area contributed by atoms with Gasteiger partial charge in [0.25, 0.3) is 0 Å². The van der Waals surface area contributed by atoms with Gasteiger partial charge in [0.1, 0.15) is 11.4 Å². The van der Waals surface area contributed by atoms with Gasteiger partial charge in [-0.25, -0.2) is 9.18 Å². The number of nitrogens with one attached hydrogen (secondary N) is 1. The largest absolute Gasteiger partial charge is 0.438 e. The van der Waals surface area contributed by atoms with Crippen molar-refractivity contribution >= 4 is 12.0 Å². The van der Waals surface area contributed by atoms with Gasteiger partial charge in [-0.15, -0.1) is 0 Å². The highest BCUT2D eigenvalue weighted by Gasteiger charge is 2.40. The first-order valence-corrected chi connectivity index (χ1v) is 12.0. The molecule has 2 amide bonds. The highest BCUT2D eigenvalue weighted by molar-refractivity contribution is 5.76. The molecule has 1 aliphatic heterocycles. The van der Waals surface area contributed by atoms with Crippen LogP contribution in [0.2, 0.25) is 0 Å². The Labute approximate surface area is 205 Å². The van der Waals surface area contributed by atoms with Crippen LogP contribution < -0.4 is 5.32 Å². The van der Waals surface area contributed by atoms with E-state index in [2.05, 4.69) is 5.32 Å². The van der Waals surface area contributed by atoms with Crippen molar-refractivity contribution in [2.24, 2.45) is 0 Å². The van der Waals surface area contributed by atoms with Crippen LogP contribution >= 0.6 is 0 Å². The molecular weight excluding hydrogens is 443 g/mol. The van der Waals surface area contributed by atoms with Crippen molar-refractivity contribution in [2.75, 3.05) is 13.1 Å². The first-order valence-electron chi connectivity index (χ1n) is 12.0. The number of rotatable bonds is 7. The number of amides is 2. The molecule has 5 nitrogen and oxygen atoms in total. The Morgan fingerprint density at radius 2 is 1.54 bits per heavy atom. The highest BCUT2D eigenvalue weighted by Crippen LogP contribution is 2.37. The number of ether oxygens (including phenoxy) is 1. The molecule has 0 saturated carbocycles. The van der Waals surface area contributed by atoms with Crippen LogP contribution in [0.5, 0.6) is 0 Å². The van der Waals surface area contributed by atoms with Crippen LogP contribution in [-0.2, 0) is 28.1 Å². The summed E-state index contributed by atoms with van der Waals surface area (Å²) in [4.78, 5) is 27.4. The minimum atomic E-state index is -0.785. The number of hydrogen-bond donors (Lipinski definition) is 1. The Morgan fingerprint density at radius 1 is 0.914 bits per heavy atom. The van der Waals surface area contributed by atoms with Crippen molar-refractivity contribution in [2.45, 2.75) is 44.8 Å². The van der Waals surface area contributed by atoms with Gasteiger partial charge in [-0.1, -0.05) is 72.3 Å². The van der Waals surface area contributed by atoms with Crippen LogP contribution in [0.25, 0.3) is 0 Å². The number of benzene rings is 3. The molecule has 1 aliphatic rings. The zero-order chi connectivity index (χ0) is 24.7. The van der Waals surface area contributed by atoms with Gasteiger partial charge in [0, 0.05) is 38.9 Å². The summed E-state index contributed by atoms with van der Waals surface area (Å²) < 4.78 is 19.2. The van der Waals surface area contributed by atoms with E-state index < -0.39 is 11.7 Å². The van der Waals surface area contributed by atoms with Crippen molar-refractivity contribution in [3.63, 3.8) is 0 Å². The fraction of sp³-hybridized carbons (Fsp3) is 0.310. The summed E-state index contributed by atoms with van der Waals surface area (Å²) in [6, 6.07) is 24.0. The third kappa shape index (κ3) is 6.47. The first kappa shape index (κ1) is 24.5. The molecule has 0 aliphatic carbocycles. The lowest BCUT2D eigenvalue weighted by atomic mass is 9.84. The van der Waals surface area contributed by atoms with Crippen molar-refractivity contribution in [3.05, 3.63) is 107 Å². The number of likely N-dealkylation sites (tertiary alicyclic amines) is 1. The van der Waals surface area contributed by atoms with E-state index in [-0.39, 0.29) is 11.7 Å². The molecule has 3 aromatic rings. The Morgan fingerprint density at radius 3 is 2.20 bits per heavy atom. The van der Waals surface area contributed by atoms with E-state index in [1.54, 1.807) is 12.1 Å². The molecule has 0 atom stereocenters. The Balaban J connectivity index is 1.36. The van der Waals surface area contributed by atoms with Gasteiger partial charge < -0.3 is 15.0 Å². The quantitative estimate of drug-likeness (QED) is 0.491. The van der Waals surface area contributed by atoms with Crippen molar-refractivity contribution in [1.29, 1.82) is 0 Å². The van der Waals surface area contributed by atoms with Gasteiger partial charge in [-0.2, -0.15) is 0 Å². The molecule has 1 fully saturated rings. The molecule has 1 heterocycles. The number of carbonyl (C=O) groups excluding carboxylic acids is 2. The van der Waals surface area contributed by atoms with E-state index in [1.165, 1.54) is 17.7 Å². The second-order valence-electron chi connectivity index (χ2n) is 9.10. The third-order valence-electron chi connectivity index (χ3n) is 6.61. The lowest BCUT2D eigenvalue weighted by Gasteiger charge is -2.41. The maximum atomic E-state index is 13.1. The van der Waals surface area contributed by atoms with E-state index in [0.717, 1.165) is 16.7 Å². The number of hydrogen-bond acceptors (Lipinski definition) is 3. The maximum Gasteiger partial charge on any atom is 0.408 e. The average molecular weight is 475 g/mol. The van der Waals surface area contributed by atoms with Crippen molar-refractivity contribution in [1.82, 2.24) is 10.2 Å². The SMILES string of the molecule is Cc1ccc(CNC(=O)OC2(c3ccccc3)CCN(C(=O)CCc3ccc(F)cc3)CC2)cc1. The fourth-order valence-corrected chi connectivity index (χ4v) is 4.46. The predicted octanol–water partition coefficient (Wildman–Crippen LogP) is 5.51. The summed E-state index contributed by atoms with van der Waals surface area (Å²) in [5, 5.41) is 2.87. The number of carbonyl (C=O) groups is 2. The molecule has 0 aromatic heterocycles. The normalized spacial score (nSPS) is 14.9. The minimum absolute atomic E-state index is 0.0554. The van der Waals surface area contributed by atoms with Crippen LogP contribution in [-0.4, -0.2) is 30.0 Å². The molecular formula is C29H31FN2O3. The predicted molar refractivity (Wildman–Crippen MR) is 133 cm³/mol.